The summed E-state index contributed by atoms with van der Waals surface area (Å²) in [6, 6.07) is 21.5. The number of thiophene rings is 1. The Labute approximate surface area is 216 Å². The van der Waals surface area contributed by atoms with Crippen molar-refractivity contribution in [3.05, 3.63) is 105 Å². The number of carbonyl (C=O) groups excluding carboxylic acids is 3. The lowest BCUT2D eigenvalue weighted by molar-refractivity contribution is -0.154. The third-order valence-corrected chi connectivity index (χ3v) is 8.28. The largest absolute Gasteiger partial charge is 0.448 e. The summed E-state index contributed by atoms with van der Waals surface area (Å²) >= 11 is 2.79. The maximum absolute atomic E-state index is 14.0. The number of rotatable bonds is 8. The van der Waals surface area contributed by atoms with Crippen molar-refractivity contribution in [3.8, 4) is 0 Å². The third-order valence-electron chi connectivity index (χ3n) is 6.06. The van der Waals surface area contributed by atoms with Crippen molar-refractivity contribution in [2.24, 2.45) is 0 Å². The highest BCUT2D eigenvalue weighted by Crippen LogP contribution is 2.41. The molecule has 0 radical (unpaired) electrons. The second kappa shape index (κ2) is 10.7. The van der Waals surface area contributed by atoms with E-state index >= 15 is 0 Å². The molecule has 36 heavy (non-hydrogen) atoms. The summed E-state index contributed by atoms with van der Waals surface area (Å²) in [5, 5.41) is 4.17. The summed E-state index contributed by atoms with van der Waals surface area (Å²) < 4.78 is 19.9. The number of carbonyl (C=O) groups is 3. The van der Waals surface area contributed by atoms with E-state index in [0.717, 1.165) is 16.0 Å². The fraction of sp³-hybridized carbons (Fsp3) is 0.222. The lowest BCUT2D eigenvalue weighted by Crippen LogP contribution is -2.70. The van der Waals surface area contributed by atoms with Crippen LogP contribution in [-0.2, 0) is 25.5 Å². The van der Waals surface area contributed by atoms with Crippen molar-refractivity contribution in [2.75, 3.05) is 12.4 Å². The van der Waals surface area contributed by atoms with Crippen LogP contribution in [0.2, 0.25) is 0 Å². The van der Waals surface area contributed by atoms with Crippen molar-refractivity contribution in [1.29, 1.82) is 0 Å². The first-order valence-corrected chi connectivity index (χ1v) is 13.3. The minimum Gasteiger partial charge on any atom is -0.448 e. The number of nitrogens with zero attached hydrogens (tertiary/aromatic N) is 1. The molecule has 1 aromatic heterocycles. The number of hydrogen-bond acceptors (Lipinski definition) is 6. The molecule has 6 nitrogen and oxygen atoms in total. The molecule has 1 N–H and O–H groups in total. The van der Waals surface area contributed by atoms with Crippen LogP contribution in [0.1, 0.15) is 22.1 Å². The number of amides is 2. The van der Waals surface area contributed by atoms with E-state index in [4.69, 9.17) is 4.74 Å². The van der Waals surface area contributed by atoms with E-state index in [9.17, 15) is 18.8 Å². The zero-order valence-corrected chi connectivity index (χ0v) is 20.8. The van der Waals surface area contributed by atoms with Crippen molar-refractivity contribution in [1.82, 2.24) is 10.2 Å². The molecule has 3 heterocycles. The predicted octanol–water partition coefficient (Wildman–Crippen LogP) is 4.25. The van der Waals surface area contributed by atoms with E-state index in [-0.39, 0.29) is 29.4 Å². The molecule has 9 heteroatoms. The molecule has 2 amide bonds. The second-order valence-corrected chi connectivity index (χ2v) is 10.5. The molecule has 0 aliphatic carbocycles. The molecule has 1 fully saturated rings. The van der Waals surface area contributed by atoms with Crippen LogP contribution in [0, 0.1) is 0 Å². The molecule has 2 aliphatic rings. The number of esters is 1. The Kier molecular flexibility index (Phi) is 7.20. The van der Waals surface area contributed by atoms with Gasteiger partial charge in [0.25, 0.3) is 5.91 Å². The third kappa shape index (κ3) is 4.81. The van der Waals surface area contributed by atoms with Gasteiger partial charge in [0.2, 0.25) is 5.91 Å². The number of alkyl halides is 1. The molecule has 2 aliphatic heterocycles. The maximum atomic E-state index is 14.0. The van der Waals surface area contributed by atoms with Crippen molar-refractivity contribution >= 4 is 40.9 Å². The fourth-order valence-electron chi connectivity index (χ4n) is 4.32. The van der Waals surface area contributed by atoms with Gasteiger partial charge in [0.05, 0.1) is 6.42 Å². The first-order valence-electron chi connectivity index (χ1n) is 11.4. The molecule has 0 spiro atoms. The molecule has 184 valence electrons. The number of fused-ring (bicyclic) bond motifs is 1. The van der Waals surface area contributed by atoms with Gasteiger partial charge in [-0.2, -0.15) is 0 Å². The molecule has 0 saturated carbocycles. The lowest BCUT2D eigenvalue weighted by atomic mass is 10.0. The molecule has 1 saturated heterocycles. The Morgan fingerprint density at radius 3 is 2.28 bits per heavy atom. The van der Waals surface area contributed by atoms with Crippen LogP contribution in [0.3, 0.4) is 0 Å². The monoisotopic (exact) mass is 522 g/mol. The zero-order valence-electron chi connectivity index (χ0n) is 19.1. The minimum atomic E-state index is -0.870. The zero-order chi connectivity index (χ0) is 25.1. The molecule has 3 aromatic rings. The number of hydrogen-bond donors (Lipinski definition) is 1. The smallest absolute Gasteiger partial charge is 0.356 e. The van der Waals surface area contributed by atoms with Gasteiger partial charge < -0.3 is 10.1 Å². The summed E-state index contributed by atoms with van der Waals surface area (Å²) in [5.41, 5.74) is 1.66. The summed E-state index contributed by atoms with van der Waals surface area (Å²) in [6.45, 7) is -0.870. The molecule has 5 rings (SSSR count). The van der Waals surface area contributed by atoms with E-state index in [1.807, 2.05) is 78.2 Å². The summed E-state index contributed by atoms with van der Waals surface area (Å²) in [4.78, 5) is 41.2. The van der Waals surface area contributed by atoms with E-state index in [1.54, 1.807) is 0 Å². The molecule has 2 atom stereocenters. The van der Waals surface area contributed by atoms with Gasteiger partial charge in [-0.25, -0.2) is 9.18 Å². The van der Waals surface area contributed by atoms with Gasteiger partial charge in [0.1, 0.15) is 23.8 Å². The Bertz CT molecular complexity index is 1240. The Morgan fingerprint density at radius 2 is 1.69 bits per heavy atom. The van der Waals surface area contributed by atoms with Gasteiger partial charge in [0.15, 0.2) is 6.10 Å². The van der Waals surface area contributed by atoms with E-state index in [2.05, 4.69) is 5.32 Å². The van der Waals surface area contributed by atoms with Crippen LogP contribution in [0.4, 0.5) is 4.39 Å². The number of ether oxygens (including phenoxy) is 1. The van der Waals surface area contributed by atoms with Crippen LogP contribution in [-0.4, -0.2) is 46.5 Å². The van der Waals surface area contributed by atoms with Crippen LogP contribution in [0.5, 0.6) is 0 Å². The number of β-lactam (4-membered cyclic amide) rings is 1. The van der Waals surface area contributed by atoms with Crippen molar-refractivity contribution < 1.29 is 23.5 Å². The normalized spacial score (nSPS) is 19.1. The summed E-state index contributed by atoms with van der Waals surface area (Å²) in [6.07, 6.45) is -0.547. The SMILES string of the molecule is O=C(Cc1cccs1)NC1C(=O)N2C(C(=O)OC(c3ccccc3)c3ccccc3)=C(CF)CS[C@@H]12. The summed E-state index contributed by atoms with van der Waals surface area (Å²) in [7, 11) is 0. The van der Waals surface area contributed by atoms with Gasteiger partial charge in [0, 0.05) is 16.2 Å². The van der Waals surface area contributed by atoms with Crippen LogP contribution < -0.4 is 5.32 Å². The Morgan fingerprint density at radius 1 is 1.03 bits per heavy atom. The van der Waals surface area contributed by atoms with E-state index in [1.165, 1.54) is 28.0 Å². The number of thioether (sulfide) groups is 1. The maximum Gasteiger partial charge on any atom is 0.356 e. The van der Waals surface area contributed by atoms with Crippen LogP contribution >= 0.6 is 23.1 Å². The van der Waals surface area contributed by atoms with Gasteiger partial charge in [-0.15, -0.1) is 23.1 Å². The molecule has 1 unspecified atom stereocenters. The Balaban J connectivity index is 1.36. The number of halogens is 1. The Hall–Kier alpha value is -3.43. The topological polar surface area (TPSA) is 75.7 Å². The highest BCUT2D eigenvalue weighted by atomic mass is 32.2. The van der Waals surface area contributed by atoms with Crippen LogP contribution in [0.25, 0.3) is 0 Å². The quantitative estimate of drug-likeness (QED) is 0.354. The lowest BCUT2D eigenvalue weighted by Gasteiger charge is -2.49. The predicted molar refractivity (Wildman–Crippen MR) is 137 cm³/mol. The average Bonchev–Trinajstić information content (AvgIpc) is 3.43. The van der Waals surface area contributed by atoms with Crippen molar-refractivity contribution in [2.45, 2.75) is 23.9 Å². The fourth-order valence-corrected chi connectivity index (χ4v) is 6.34. The highest BCUT2D eigenvalue weighted by molar-refractivity contribution is 8.00. The molecular weight excluding hydrogens is 499 g/mol. The second-order valence-electron chi connectivity index (χ2n) is 8.40. The van der Waals surface area contributed by atoms with E-state index < -0.39 is 36.1 Å². The number of nitrogens with one attached hydrogen (secondary N) is 1. The average molecular weight is 523 g/mol. The minimum absolute atomic E-state index is 0.0631. The first-order chi connectivity index (χ1) is 17.6. The molecule has 2 aromatic carbocycles. The first kappa shape index (κ1) is 24.3. The standard InChI is InChI=1S/C27H23FN2O4S2/c28-15-19-16-36-26-22(29-21(31)14-20-12-7-13-35-20)25(32)30(26)23(19)27(33)34-24(17-8-3-1-4-9-17)18-10-5-2-6-11-18/h1-13,22,24,26H,14-16H2,(H,29,31)/t22?,26-/m0/s1. The van der Waals surface area contributed by atoms with Gasteiger partial charge in [-0.3, -0.25) is 14.5 Å². The van der Waals surface area contributed by atoms with Crippen molar-refractivity contribution in [3.63, 3.8) is 0 Å². The van der Waals surface area contributed by atoms with Gasteiger partial charge in [-0.1, -0.05) is 66.7 Å². The number of benzene rings is 2. The van der Waals surface area contributed by atoms with Gasteiger partial charge >= 0.3 is 5.97 Å². The van der Waals surface area contributed by atoms with Crippen LogP contribution in [0.15, 0.2) is 89.4 Å². The summed E-state index contributed by atoms with van der Waals surface area (Å²) in [5.74, 6) is -1.25. The molecular formula is C27H23FN2O4S2. The molecule has 0 bridgehead atoms. The highest BCUT2D eigenvalue weighted by Gasteiger charge is 2.54. The van der Waals surface area contributed by atoms with Gasteiger partial charge in [-0.05, 0) is 22.6 Å². The van der Waals surface area contributed by atoms with E-state index in [0.29, 0.717) is 0 Å².